The van der Waals surface area contributed by atoms with Crippen LogP contribution in [0.5, 0.6) is 5.75 Å². The number of hydrogen-bond acceptors (Lipinski definition) is 5. The van der Waals surface area contributed by atoms with Crippen LogP contribution in [0, 0.1) is 11.8 Å². The molecule has 3 heterocycles. The third-order valence-electron chi connectivity index (χ3n) is 4.73. The van der Waals surface area contributed by atoms with E-state index in [2.05, 4.69) is 0 Å². The van der Waals surface area contributed by atoms with Crippen molar-refractivity contribution in [2.24, 2.45) is 11.8 Å². The molecule has 22 heavy (non-hydrogen) atoms. The lowest BCUT2D eigenvalue weighted by Gasteiger charge is -2.26. The van der Waals surface area contributed by atoms with Gasteiger partial charge in [0.25, 0.3) is 0 Å². The molecule has 2 bridgehead atoms. The van der Waals surface area contributed by atoms with Gasteiger partial charge in [-0.2, -0.15) is 0 Å². The van der Waals surface area contributed by atoms with Crippen molar-refractivity contribution < 1.29 is 24.2 Å². The van der Waals surface area contributed by atoms with E-state index in [0.717, 1.165) is 0 Å². The van der Waals surface area contributed by atoms with Crippen molar-refractivity contribution in [1.29, 1.82) is 0 Å². The summed E-state index contributed by atoms with van der Waals surface area (Å²) in [5.74, 6) is -1.14. The Kier molecular flexibility index (Phi) is 2.70. The van der Waals surface area contributed by atoms with Crippen molar-refractivity contribution in [1.82, 2.24) is 0 Å². The summed E-state index contributed by atoms with van der Waals surface area (Å²) >= 11 is 0. The lowest BCUT2D eigenvalue weighted by molar-refractivity contribution is -0.128. The molecule has 0 unspecified atom stereocenters. The molecular weight excluding hydrogens is 286 g/mol. The Hall–Kier alpha value is -2.18. The van der Waals surface area contributed by atoms with Crippen LogP contribution in [0.3, 0.4) is 0 Å². The van der Waals surface area contributed by atoms with Gasteiger partial charge < -0.3 is 14.6 Å². The van der Waals surface area contributed by atoms with Crippen molar-refractivity contribution in [3.63, 3.8) is 0 Å². The predicted molar refractivity (Wildman–Crippen MR) is 76.3 cm³/mol. The fourth-order valence-corrected chi connectivity index (χ4v) is 3.67. The van der Waals surface area contributed by atoms with Crippen LogP contribution in [-0.4, -0.2) is 42.3 Å². The van der Waals surface area contributed by atoms with Gasteiger partial charge in [-0.25, -0.2) is 4.90 Å². The van der Waals surface area contributed by atoms with Crippen molar-refractivity contribution in [3.8, 4) is 5.75 Å². The van der Waals surface area contributed by atoms with Gasteiger partial charge in [-0.05, 0) is 24.3 Å². The van der Waals surface area contributed by atoms with Gasteiger partial charge in [0, 0.05) is 0 Å². The quantitative estimate of drug-likeness (QED) is 0.650. The Balaban J connectivity index is 1.72. The summed E-state index contributed by atoms with van der Waals surface area (Å²) in [7, 11) is 1.55. The summed E-state index contributed by atoms with van der Waals surface area (Å²) in [5, 5.41) is 9.64. The molecule has 114 valence electrons. The largest absolute Gasteiger partial charge is 0.497 e. The highest BCUT2D eigenvalue weighted by atomic mass is 16.5. The van der Waals surface area contributed by atoms with E-state index in [1.807, 2.05) is 0 Å². The van der Waals surface area contributed by atoms with E-state index in [1.165, 1.54) is 4.90 Å². The molecule has 4 atom stereocenters. The minimum absolute atomic E-state index is 0.273. The second-order valence-electron chi connectivity index (χ2n) is 5.77. The Morgan fingerprint density at radius 3 is 2.64 bits per heavy atom. The molecule has 1 aromatic carbocycles. The summed E-state index contributed by atoms with van der Waals surface area (Å²) in [6.45, 7) is -0.309. The Morgan fingerprint density at radius 1 is 1.27 bits per heavy atom. The molecule has 2 fully saturated rings. The zero-order chi connectivity index (χ0) is 15.5. The minimum atomic E-state index is -1.05. The van der Waals surface area contributed by atoms with Crippen LogP contribution in [0.4, 0.5) is 5.69 Å². The van der Waals surface area contributed by atoms with Crippen LogP contribution in [0.25, 0.3) is 0 Å². The highest BCUT2D eigenvalue weighted by Gasteiger charge is 2.67. The second-order valence-corrected chi connectivity index (χ2v) is 5.77. The normalized spacial score (nSPS) is 35.4. The summed E-state index contributed by atoms with van der Waals surface area (Å²) in [5.41, 5.74) is -0.541. The summed E-state index contributed by atoms with van der Waals surface area (Å²) in [6, 6.07) is 6.76. The molecule has 3 aliphatic heterocycles. The molecule has 3 aliphatic rings. The average molecular weight is 301 g/mol. The first-order chi connectivity index (χ1) is 10.6. The van der Waals surface area contributed by atoms with E-state index in [-0.39, 0.29) is 18.4 Å². The number of fused-ring (bicyclic) bond motifs is 5. The first-order valence-electron chi connectivity index (χ1n) is 7.11. The van der Waals surface area contributed by atoms with Crippen LogP contribution < -0.4 is 9.64 Å². The Labute approximate surface area is 126 Å². The molecule has 0 spiro atoms. The number of ether oxygens (including phenoxy) is 2. The van der Waals surface area contributed by atoms with Crippen LogP contribution in [0.15, 0.2) is 36.4 Å². The molecular formula is C16H15NO5. The average Bonchev–Trinajstić information content (AvgIpc) is 3.19. The van der Waals surface area contributed by atoms with Gasteiger partial charge in [-0.15, -0.1) is 0 Å². The first kappa shape index (κ1) is 13.5. The smallest absolute Gasteiger partial charge is 0.241 e. The number of hydrogen-bond donors (Lipinski definition) is 1. The van der Waals surface area contributed by atoms with Gasteiger partial charge in [0.15, 0.2) is 0 Å². The van der Waals surface area contributed by atoms with Gasteiger partial charge >= 0.3 is 0 Å². The zero-order valence-electron chi connectivity index (χ0n) is 11.9. The maximum absolute atomic E-state index is 12.8. The number of benzene rings is 1. The van der Waals surface area contributed by atoms with Gasteiger partial charge in [0.05, 0.1) is 37.3 Å². The van der Waals surface area contributed by atoms with Crippen molar-refractivity contribution in [2.75, 3.05) is 18.6 Å². The number of imide groups is 1. The topological polar surface area (TPSA) is 76.1 Å². The zero-order valence-corrected chi connectivity index (χ0v) is 11.9. The van der Waals surface area contributed by atoms with Gasteiger partial charge in [0.1, 0.15) is 11.4 Å². The third-order valence-corrected chi connectivity index (χ3v) is 4.73. The number of aliphatic hydroxyl groups excluding tert-OH is 1. The third kappa shape index (κ3) is 1.51. The van der Waals surface area contributed by atoms with Crippen molar-refractivity contribution in [3.05, 3.63) is 36.4 Å². The minimum Gasteiger partial charge on any atom is -0.497 e. The number of amides is 2. The molecule has 1 aromatic rings. The van der Waals surface area contributed by atoms with E-state index < -0.39 is 23.5 Å². The number of carbonyl (C=O) groups excluding carboxylic acids is 2. The molecule has 6 heteroatoms. The number of methoxy groups -OCH3 is 1. The van der Waals surface area contributed by atoms with Crippen molar-refractivity contribution >= 4 is 17.5 Å². The molecule has 2 amide bonds. The molecule has 2 saturated heterocycles. The number of aliphatic hydroxyl groups is 1. The Morgan fingerprint density at radius 2 is 2.00 bits per heavy atom. The number of nitrogens with zero attached hydrogens (tertiary/aromatic N) is 1. The Bertz CT molecular complexity index is 682. The summed E-state index contributed by atoms with van der Waals surface area (Å²) in [4.78, 5) is 26.6. The van der Waals surface area contributed by atoms with Crippen molar-refractivity contribution in [2.45, 2.75) is 11.7 Å². The first-order valence-corrected chi connectivity index (χ1v) is 7.11. The molecule has 0 aromatic heterocycles. The molecule has 4 rings (SSSR count). The van der Waals surface area contributed by atoms with Gasteiger partial charge in [0.2, 0.25) is 11.8 Å². The van der Waals surface area contributed by atoms with Crippen LogP contribution in [-0.2, 0) is 14.3 Å². The van der Waals surface area contributed by atoms with Gasteiger partial charge in [-0.3, -0.25) is 9.59 Å². The summed E-state index contributed by atoms with van der Waals surface area (Å²) < 4.78 is 10.8. The fourth-order valence-electron chi connectivity index (χ4n) is 3.67. The second kappa shape index (κ2) is 4.41. The molecule has 0 saturated carbocycles. The SMILES string of the molecule is COc1ccc(N2C(=O)[C@H]3[C@@H]4C=C[C@@](CO)(O4)[C@H]3C2=O)cc1. The van der Waals surface area contributed by atoms with E-state index in [9.17, 15) is 14.7 Å². The lowest BCUT2D eigenvalue weighted by Crippen LogP contribution is -2.43. The molecule has 0 aliphatic carbocycles. The van der Waals surface area contributed by atoms with E-state index in [0.29, 0.717) is 11.4 Å². The molecule has 6 nitrogen and oxygen atoms in total. The van der Waals surface area contributed by atoms with Crippen LogP contribution in [0.2, 0.25) is 0 Å². The summed E-state index contributed by atoms with van der Waals surface area (Å²) in [6.07, 6.45) is 3.04. The number of carbonyl (C=O) groups is 2. The maximum atomic E-state index is 12.8. The monoisotopic (exact) mass is 301 g/mol. The lowest BCUT2D eigenvalue weighted by atomic mass is 9.77. The standard InChI is InChI=1S/C16H15NO5/c1-21-10-4-2-9(3-5-10)17-14(19)12-11-6-7-16(8-18,22-11)13(12)15(17)20/h2-7,11-13,18H,8H2,1H3/t11-,12-,13+,16-/m0/s1. The number of anilines is 1. The predicted octanol–water partition coefficient (Wildman–Crippen LogP) is 0.500. The highest BCUT2D eigenvalue weighted by molar-refractivity contribution is 6.23. The highest BCUT2D eigenvalue weighted by Crippen LogP contribution is 2.52. The van der Waals surface area contributed by atoms with E-state index in [1.54, 1.807) is 43.5 Å². The number of rotatable bonds is 3. The van der Waals surface area contributed by atoms with Crippen LogP contribution in [0.1, 0.15) is 0 Å². The fraction of sp³-hybridized carbons (Fsp3) is 0.375. The maximum Gasteiger partial charge on any atom is 0.241 e. The molecule has 0 radical (unpaired) electrons. The molecule has 1 N–H and O–H groups in total. The van der Waals surface area contributed by atoms with Gasteiger partial charge in [-0.1, -0.05) is 12.2 Å². The van der Waals surface area contributed by atoms with E-state index >= 15 is 0 Å². The van der Waals surface area contributed by atoms with Crippen LogP contribution >= 0.6 is 0 Å². The van der Waals surface area contributed by atoms with E-state index in [4.69, 9.17) is 9.47 Å².